The molecule has 1 unspecified atom stereocenters. The molecular weight excluding hydrogens is 429 g/mol. The summed E-state index contributed by atoms with van der Waals surface area (Å²) in [6.45, 7) is 5.77. The van der Waals surface area contributed by atoms with Gasteiger partial charge in [-0.05, 0) is 50.1 Å². The van der Waals surface area contributed by atoms with Gasteiger partial charge < -0.3 is 15.9 Å². The molecule has 0 radical (unpaired) electrons. The third kappa shape index (κ3) is 5.03. The maximum absolute atomic E-state index is 13.3. The number of carbonyl (C=O) groups excluding carboxylic acids is 1. The number of thioether (sulfide) groups is 1. The number of rotatable bonds is 7. The average molecular weight is 450 g/mol. The Kier molecular flexibility index (Phi) is 6.84. The van der Waals surface area contributed by atoms with E-state index in [0.29, 0.717) is 16.7 Å². The first-order chi connectivity index (χ1) is 14.3. The Balaban J connectivity index is 1.62. The predicted molar refractivity (Wildman–Crippen MR) is 116 cm³/mol. The summed E-state index contributed by atoms with van der Waals surface area (Å²) in [5.74, 6) is 6.43. The van der Waals surface area contributed by atoms with Gasteiger partial charge in [0.05, 0.1) is 10.3 Å². The molecule has 0 saturated heterocycles. The number of ether oxygens (including phenoxy) is 1. The van der Waals surface area contributed by atoms with Gasteiger partial charge in [-0.2, -0.15) is 0 Å². The Labute approximate surface area is 182 Å². The Morgan fingerprint density at radius 1 is 1.30 bits per heavy atom. The number of halogens is 2. The standard InChI is InChI=1S/C20H21ClFN5O2S/c1-11-5-4-6-12(2)18(11)29-10-17-25-26-20(27(17)23)30-13(3)19(28)24-14-7-8-16(22)15(21)9-14/h4-9,13H,10,23H2,1-3H3,(H,24,28). The second-order valence-corrected chi connectivity index (χ2v) is 8.37. The van der Waals surface area contributed by atoms with Gasteiger partial charge in [0.2, 0.25) is 11.1 Å². The van der Waals surface area contributed by atoms with Crippen molar-refractivity contribution in [2.24, 2.45) is 0 Å². The molecule has 0 spiro atoms. The maximum atomic E-state index is 13.3. The first-order valence-electron chi connectivity index (χ1n) is 9.07. The first kappa shape index (κ1) is 21.9. The minimum Gasteiger partial charge on any atom is -0.485 e. The van der Waals surface area contributed by atoms with Gasteiger partial charge in [-0.3, -0.25) is 4.79 Å². The Bertz CT molecular complexity index is 1060. The van der Waals surface area contributed by atoms with Crippen LogP contribution in [0.4, 0.5) is 10.1 Å². The van der Waals surface area contributed by atoms with Crippen LogP contribution >= 0.6 is 23.4 Å². The Morgan fingerprint density at radius 3 is 2.67 bits per heavy atom. The summed E-state index contributed by atoms with van der Waals surface area (Å²) in [6, 6.07) is 9.86. The lowest BCUT2D eigenvalue weighted by Gasteiger charge is -2.13. The second kappa shape index (κ2) is 9.36. The van der Waals surface area contributed by atoms with Gasteiger partial charge >= 0.3 is 0 Å². The summed E-state index contributed by atoms with van der Waals surface area (Å²) in [5, 5.41) is 10.6. The van der Waals surface area contributed by atoms with Gasteiger partial charge in [0.25, 0.3) is 0 Å². The highest BCUT2D eigenvalue weighted by molar-refractivity contribution is 8.00. The number of aryl methyl sites for hydroxylation is 2. The molecule has 1 aromatic heterocycles. The first-order valence-corrected chi connectivity index (χ1v) is 10.3. The third-order valence-corrected chi connectivity index (χ3v) is 5.67. The lowest BCUT2D eigenvalue weighted by atomic mass is 10.1. The average Bonchev–Trinajstić information content (AvgIpc) is 3.04. The number of carbonyl (C=O) groups is 1. The van der Waals surface area contributed by atoms with Crippen molar-refractivity contribution in [2.75, 3.05) is 11.2 Å². The molecule has 0 aliphatic carbocycles. The lowest BCUT2D eigenvalue weighted by molar-refractivity contribution is -0.115. The number of benzene rings is 2. The van der Waals surface area contributed by atoms with E-state index in [4.69, 9.17) is 22.2 Å². The fraction of sp³-hybridized carbons (Fsp3) is 0.250. The number of nitrogens with two attached hydrogens (primary N) is 1. The molecule has 0 aliphatic heterocycles. The molecule has 7 nitrogen and oxygen atoms in total. The van der Waals surface area contributed by atoms with E-state index in [1.165, 1.54) is 22.9 Å². The number of hydrogen-bond acceptors (Lipinski definition) is 6. The summed E-state index contributed by atoms with van der Waals surface area (Å²) in [5.41, 5.74) is 2.42. The van der Waals surface area contributed by atoms with Gasteiger partial charge in [0.15, 0.2) is 5.82 Å². The van der Waals surface area contributed by atoms with Crippen molar-refractivity contribution in [3.63, 3.8) is 0 Å². The maximum Gasteiger partial charge on any atom is 0.237 e. The normalized spacial score (nSPS) is 11.9. The SMILES string of the molecule is Cc1cccc(C)c1OCc1nnc(SC(C)C(=O)Nc2ccc(F)c(Cl)c2)n1N. The second-order valence-electron chi connectivity index (χ2n) is 6.66. The summed E-state index contributed by atoms with van der Waals surface area (Å²) in [4.78, 5) is 12.4. The molecule has 3 N–H and O–H groups in total. The number of hydrogen-bond donors (Lipinski definition) is 2. The van der Waals surface area contributed by atoms with Crippen molar-refractivity contribution in [3.05, 3.63) is 64.2 Å². The molecule has 0 aliphatic rings. The van der Waals surface area contributed by atoms with Crippen LogP contribution in [0.15, 0.2) is 41.6 Å². The molecule has 2 aromatic carbocycles. The van der Waals surface area contributed by atoms with Crippen LogP contribution in [-0.2, 0) is 11.4 Å². The van der Waals surface area contributed by atoms with E-state index in [9.17, 15) is 9.18 Å². The monoisotopic (exact) mass is 449 g/mol. The zero-order chi connectivity index (χ0) is 21.8. The van der Waals surface area contributed by atoms with Crippen LogP contribution in [0.1, 0.15) is 23.9 Å². The van der Waals surface area contributed by atoms with Crippen molar-refractivity contribution < 1.29 is 13.9 Å². The molecule has 10 heteroatoms. The van der Waals surface area contributed by atoms with Crippen LogP contribution in [-0.4, -0.2) is 26.0 Å². The summed E-state index contributed by atoms with van der Waals surface area (Å²) >= 11 is 6.89. The van der Waals surface area contributed by atoms with E-state index in [0.717, 1.165) is 28.6 Å². The Morgan fingerprint density at radius 2 is 2.00 bits per heavy atom. The molecule has 3 rings (SSSR count). The fourth-order valence-electron chi connectivity index (χ4n) is 2.68. The van der Waals surface area contributed by atoms with Crippen LogP contribution in [0.5, 0.6) is 5.75 Å². The Hall–Kier alpha value is -2.78. The molecule has 0 bridgehead atoms. The highest BCUT2D eigenvalue weighted by Gasteiger charge is 2.20. The minimum atomic E-state index is -0.552. The number of aromatic nitrogens is 3. The smallest absolute Gasteiger partial charge is 0.237 e. The number of nitrogens with one attached hydrogen (secondary N) is 1. The van der Waals surface area contributed by atoms with E-state index in [-0.39, 0.29) is 17.5 Å². The van der Waals surface area contributed by atoms with E-state index in [2.05, 4.69) is 15.5 Å². The number of amides is 1. The van der Waals surface area contributed by atoms with Gasteiger partial charge in [-0.15, -0.1) is 10.2 Å². The molecule has 0 saturated carbocycles. The molecule has 3 aromatic rings. The summed E-state index contributed by atoms with van der Waals surface area (Å²) in [6.07, 6.45) is 0. The molecule has 158 valence electrons. The molecule has 1 heterocycles. The third-order valence-electron chi connectivity index (χ3n) is 4.33. The van der Waals surface area contributed by atoms with Crippen molar-refractivity contribution in [3.8, 4) is 5.75 Å². The molecule has 30 heavy (non-hydrogen) atoms. The molecule has 1 amide bonds. The quantitative estimate of drug-likeness (QED) is 0.416. The van der Waals surface area contributed by atoms with Crippen molar-refractivity contribution >= 4 is 35.0 Å². The van der Waals surface area contributed by atoms with Gasteiger partial charge in [0, 0.05) is 5.69 Å². The van der Waals surface area contributed by atoms with Gasteiger partial charge in [0.1, 0.15) is 18.2 Å². The van der Waals surface area contributed by atoms with Crippen LogP contribution < -0.4 is 15.9 Å². The number of nitrogens with zero attached hydrogens (tertiary/aromatic N) is 3. The van der Waals surface area contributed by atoms with Crippen LogP contribution in [0, 0.1) is 19.7 Å². The lowest BCUT2D eigenvalue weighted by Crippen LogP contribution is -2.24. The molecular formula is C20H21ClFN5O2S. The highest BCUT2D eigenvalue weighted by Crippen LogP contribution is 2.26. The zero-order valence-electron chi connectivity index (χ0n) is 16.6. The van der Waals surface area contributed by atoms with Crippen molar-refractivity contribution in [1.29, 1.82) is 0 Å². The van der Waals surface area contributed by atoms with E-state index in [1.807, 2.05) is 32.0 Å². The van der Waals surface area contributed by atoms with Crippen LogP contribution in [0.3, 0.4) is 0 Å². The number of para-hydroxylation sites is 1. The van der Waals surface area contributed by atoms with Crippen molar-refractivity contribution in [2.45, 2.75) is 37.8 Å². The van der Waals surface area contributed by atoms with Gasteiger partial charge in [-0.1, -0.05) is 41.6 Å². The largest absolute Gasteiger partial charge is 0.485 e. The topological polar surface area (TPSA) is 95.1 Å². The minimum absolute atomic E-state index is 0.0664. The number of nitrogen functional groups attached to an aromatic ring is 1. The fourth-order valence-corrected chi connectivity index (χ4v) is 3.65. The molecule has 1 atom stereocenters. The van der Waals surface area contributed by atoms with Crippen LogP contribution in [0.25, 0.3) is 0 Å². The molecule has 0 fully saturated rings. The predicted octanol–water partition coefficient (Wildman–Crippen LogP) is 4.10. The summed E-state index contributed by atoms with van der Waals surface area (Å²) < 4.78 is 20.4. The highest BCUT2D eigenvalue weighted by atomic mass is 35.5. The summed E-state index contributed by atoms with van der Waals surface area (Å²) in [7, 11) is 0. The van der Waals surface area contributed by atoms with E-state index < -0.39 is 11.1 Å². The van der Waals surface area contributed by atoms with Crippen molar-refractivity contribution in [1.82, 2.24) is 14.9 Å². The van der Waals surface area contributed by atoms with Gasteiger partial charge in [-0.25, -0.2) is 9.07 Å². The van der Waals surface area contributed by atoms with E-state index in [1.54, 1.807) is 6.92 Å². The van der Waals surface area contributed by atoms with Crippen LogP contribution in [0.2, 0.25) is 5.02 Å². The number of anilines is 1. The zero-order valence-corrected chi connectivity index (χ0v) is 18.2. The van der Waals surface area contributed by atoms with E-state index >= 15 is 0 Å².